The Labute approximate surface area is 250 Å². The Morgan fingerprint density at radius 2 is 1.90 bits per heavy atom. The molecule has 3 unspecified atom stereocenters. The number of esters is 1. The molecule has 7 atom stereocenters. The first-order valence-corrected chi connectivity index (χ1v) is 15.1. The molecule has 216 valence electrons. The van der Waals surface area contributed by atoms with Gasteiger partial charge in [0.15, 0.2) is 0 Å². The minimum absolute atomic E-state index is 0.0400. The first-order chi connectivity index (χ1) is 19.8. The van der Waals surface area contributed by atoms with Crippen molar-refractivity contribution in [2.24, 2.45) is 17.8 Å². The molecule has 2 aromatic carbocycles. The molecule has 41 heavy (non-hydrogen) atoms. The van der Waals surface area contributed by atoms with Crippen LogP contribution in [0.5, 0.6) is 0 Å². The number of likely N-dealkylation sites (tertiary alicyclic amines) is 1. The number of halogens is 1. The summed E-state index contributed by atoms with van der Waals surface area (Å²) in [6, 6.07) is 15.1. The molecule has 3 fully saturated rings. The number of aliphatic hydroxyl groups is 1. The highest BCUT2D eigenvalue weighted by molar-refractivity contribution is 8.02. The maximum absolute atomic E-state index is 14.8. The van der Waals surface area contributed by atoms with Crippen LogP contribution in [0.15, 0.2) is 79.9 Å². The first kappa shape index (κ1) is 29.4. The summed E-state index contributed by atoms with van der Waals surface area (Å²) in [4.78, 5) is 45.9. The van der Waals surface area contributed by atoms with E-state index in [1.54, 1.807) is 51.9 Å². The van der Waals surface area contributed by atoms with Gasteiger partial charge in [-0.3, -0.25) is 14.4 Å². The van der Waals surface area contributed by atoms with Gasteiger partial charge in [0.05, 0.1) is 39.9 Å². The first-order valence-electron chi connectivity index (χ1n) is 13.9. The van der Waals surface area contributed by atoms with Crippen LogP contribution in [-0.4, -0.2) is 69.6 Å². The number of para-hydroxylation sites is 1. The number of benzene rings is 2. The lowest BCUT2D eigenvalue weighted by Gasteiger charge is -2.42. The summed E-state index contributed by atoms with van der Waals surface area (Å²) in [5.74, 6) is -2.53. The summed E-state index contributed by atoms with van der Waals surface area (Å²) in [5, 5.41) is 10.9. The Balaban J connectivity index is 1.64. The van der Waals surface area contributed by atoms with E-state index < -0.39 is 34.6 Å². The molecule has 3 saturated heterocycles. The van der Waals surface area contributed by atoms with Crippen molar-refractivity contribution in [2.75, 3.05) is 24.7 Å². The smallest absolute Gasteiger partial charge is 0.311 e. The van der Waals surface area contributed by atoms with Gasteiger partial charge < -0.3 is 19.6 Å². The predicted molar refractivity (Wildman–Crippen MR) is 162 cm³/mol. The Morgan fingerprint density at radius 3 is 2.56 bits per heavy atom. The van der Waals surface area contributed by atoms with Crippen molar-refractivity contribution in [1.82, 2.24) is 4.90 Å². The minimum atomic E-state index is -0.931. The summed E-state index contributed by atoms with van der Waals surface area (Å²) in [5.41, 5.74) is 1.45. The summed E-state index contributed by atoms with van der Waals surface area (Å²) in [6.45, 7) is 9.45. The molecule has 1 spiro atoms. The van der Waals surface area contributed by atoms with Gasteiger partial charge in [-0.05, 0) is 36.5 Å². The zero-order valence-electron chi connectivity index (χ0n) is 23.0. The Morgan fingerprint density at radius 1 is 1.20 bits per heavy atom. The molecule has 2 bridgehead atoms. The van der Waals surface area contributed by atoms with Crippen LogP contribution in [-0.2, 0) is 25.5 Å². The highest BCUT2D eigenvalue weighted by Gasteiger charge is 2.77. The summed E-state index contributed by atoms with van der Waals surface area (Å²) < 4.78 is 4.61. The van der Waals surface area contributed by atoms with E-state index in [9.17, 15) is 19.5 Å². The number of aliphatic hydroxyl groups excluding tert-OH is 1. The zero-order chi connectivity index (χ0) is 29.3. The molecule has 0 saturated carbocycles. The van der Waals surface area contributed by atoms with E-state index in [1.807, 2.05) is 30.3 Å². The Bertz CT molecular complexity index is 1340. The van der Waals surface area contributed by atoms with Crippen molar-refractivity contribution in [3.63, 3.8) is 0 Å². The van der Waals surface area contributed by atoms with E-state index in [2.05, 4.69) is 20.1 Å². The van der Waals surface area contributed by atoms with E-state index in [0.29, 0.717) is 23.6 Å². The second kappa shape index (κ2) is 12.0. The monoisotopic (exact) mass is 594 g/mol. The van der Waals surface area contributed by atoms with Crippen LogP contribution in [0.3, 0.4) is 0 Å². The fourth-order valence-corrected chi connectivity index (χ4v) is 9.66. The molecule has 3 aliphatic rings. The van der Waals surface area contributed by atoms with Crippen molar-refractivity contribution in [3.8, 4) is 0 Å². The SMILES string of the molecule is C=CCOC(=O)[C@@H]1[C@H]2C(=O)N([C@@H](CO)Cc3ccccc3)C(C(=O)N(CC=C)c3ccccc3Cl)C23S[C@@H]1CC3C. The third-order valence-corrected chi connectivity index (χ3v) is 11.1. The average molecular weight is 595 g/mol. The second-order valence-electron chi connectivity index (χ2n) is 10.9. The molecule has 2 amide bonds. The summed E-state index contributed by atoms with van der Waals surface area (Å²) in [6.07, 6.45) is 4.17. The van der Waals surface area contributed by atoms with E-state index in [4.69, 9.17) is 16.3 Å². The van der Waals surface area contributed by atoms with E-state index in [0.717, 1.165) is 5.56 Å². The Kier molecular flexibility index (Phi) is 8.64. The third kappa shape index (κ3) is 4.90. The van der Waals surface area contributed by atoms with Crippen LogP contribution in [0.1, 0.15) is 18.9 Å². The topological polar surface area (TPSA) is 87.1 Å². The number of amides is 2. The van der Waals surface area contributed by atoms with Crippen molar-refractivity contribution < 1.29 is 24.2 Å². The van der Waals surface area contributed by atoms with Gasteiger partial charge in [-0.15, -0.1) is 18.3 Å². The van der Waals surface area contributed by atoms with Crippen LogP contribution < -0.4 is 4.90 Å². The number of ether oxygens (including phenoxy) is 1. The fraction of sp³-hybridized carbons (Fsp3) is 0.406. The van der Waals surface area contributed by atoms with Gasteiger partial charge in [0.25, 0.3) is 5.91 Å². The summed E-state index contributed by atoms with van der Waals surface area (Å²) in [7, 11) is 0. The molecule has 3 aliphatic heterocycles. The lowest BCUT2D eigenvalue weighted by Crippen LogP contribution is -2.59. The molecule has 3 heterocycles. The highest BCUT2D eigenvalue weighted by Crippen LogP contribution is 2.69. The molecule has 0 aliphatic carbocycles. The van der Waals surface area contributed by atoms with Crippen molar-refractivity contribution in [2.45, 2.75) is 41.8 Å². The number of fused-ring (bicyclic) bond motifs is 1. The number of hydrogen-bond donors (Lipinski definition) is 1. The third-order valence-electron chi connectivity index (χ3n) is 8.67. The highest BCUT2D eigenvalue weighted by atomic mass is 35.5. The summed E-state index contributed by atoms with van der Waals surface area (Å²) >= 11 is 8.14. The van der Waals surface area contributed by atoms with Gasteiger partial charge in [-0.2, -0.15) is 0 Å². The minimum Gasteiger partial charge on any atom is -0.461 e. The standard InChI is InChI=1S/C32H35ClN2O5S/c1-4-15-34(24-14-10-9-13-23(24)33)30(38)28-32-20(3)17-25(41-32)26(31(39)40-16-5-2)27(32)29(37)35(28)22(19-36)18-21-11-7-6-8-12-21/h4-14,20,22,25-28,36H,1-2,15-19H2,3H3/t20?,22-,25-,26+,27+,28?,32?/m1/s1. The van der Waals surface area contributed by atoms with Gasteiger partial charge in [0.2, 0.25) is 5.91 Å². The molecular weight excluding hydrogens is 560 g/mol. The number of carbonyl (C=O) groups excluding carboxylic acids is 3. The number of anilines is 1. The van der Waals surface area contributed by atoms with E-state index in [-0.39, 0.29) is 42.7 Å². The Hall–Kier alpha value is -3.07. The normalized spacial score (nSPS) is 28.7. The molecule has 0 aromatic heterocycles. The number of hydrogen-bond acceptors (Lipinski definition) is 6. The predicted octanol–water partition coefficient (Wildman–Crippen LogP) is 4.53. The van der Waals surface area contributed by atoms with Gasteiger partial charge >= 0.3 is 5.97 Å². The van der Waals surface area contributed by atoms with Crippen molar-refractivity contribution >= 4 is 46.8 Å². The lowest BCUT2D eigenvalue weighted by molar-refractivity contribution is -0.154. The number of nitrogens with zero attached hydrogens (tertiary/aromatic N) is 2. The molecule has 7 nitrogen and oxygen atoms in total. The quantitative estimate of drug-likeness (QED) is 0.304. The largest absolute Gasteiger partial charge is 0.461 e. The van der Waals surface area contributed by atoms with Crippen molar-refractivity contribution in [3.05, 3.63) is 90.5 Å². The van der Waals surface area contributed by atoms with Gasteiger partial charge in [-0.1, -0.05) is 79.7 Å². The average Bonchev–Trinajstić information content (AvgIpc) is 3.57. The molecule has 9 heteroatoms. The fourth-order valence-electron chi connectivity index (χ4n) is 7.03. The van der Waals surface area contributed by atoms with Crippen LogP contribution >= 0.6 is 23.4 Å². The zero-order valence-corrected chi connectivity index (χ0v) is 24.6. The molecular formula is C32H35ClN2O5S. The molecule has 5 rings (SSSR count). The van der Waals surface area contributed by atoms with Crippen LogP contribution in [0, 0.1) is 17.8 Å². The van der Waals surface area contributed by atoms with Gasteiger partial charge in [-0.25, -0.2) is 0 Å². The van der Waals surface area contributed by atoms with Crippen LogP contribution in [0.25, 0.3) is 0 Å². The molecule has 2 aromatic rings. The van der Waals surface area contributed by atoms with Crippen molar-refractivity contribution in [1.29, 1.82) is 0 Å². The second-order valence-corrected chi connectivity index (χ2v) is 12.9. The number of thioether (sulfide) groups is 1. The van der Waals surface area contributed by atoms with Gasteiger partial charge in [0, 0.05) is 11.8 Å². The molecule has 1 N–H and O–H groups in total. The van der Waals surface area contributed by atoms with Crippen LogP contribution in [0.4, 0.5) is 5.69 Å². The maximum Gasteiger partial charge on any atom is 0.311 e. The van der Waals surface area contributed by atoms with Gasteiger partial charge in [0.1, 0.15) is 12.6 Å². The van der Waals surface area contributed by atoms with E-state index >= 15 is 0 Å². The number of carbonyl (C=O) groups is 3. The number of rotatable bonds is 11. The molecule has 0 radical (unpaired) electrons. The van der Waals surface area contributed by atoms with Crippen LogP contribution in [0.2, 0.25) is 5.02 Å². The maximum atomic E-state index is 14.8. The lowest BCUT2D eigenvalue weighted by atomic mass is 9.66. The van der Waals surface area contributed by atoms with E-state index in [1.165, 1.54) is 6.08 Å².